The van der Waals surface area contributed by atoms with E-state index < -0.39 is 5.92 Å². The standard InChI is InChI=1S/C15H10BrNO4/c16-8-3-1-7(2-4-8)11-12-9(5-20-14(12)18)17-10-6-21-15(19)13(10)11/h1-4,11,17H,5-6H2. The van der Waals surface area contributed by atoms with E-state index in [-0.39, 0.29) is 25.2 Å². The third-order valence-corrected chi connectivity index (χ3v) is 4.40. The smallest absolute Gasteiger partial charge is 0.337 e. The Morgan fingerprint density at radius 1 is 0.952 bits per heavy atom. The average molecular weight is 348 g/mol. The number of ether oxygens (including phenoxy) is 2. The Labute approximate surface area is 128 Å². The van der Waals surface area contributed by atoms with Crippen molar-refractivity contribution in [3.05, 3.63) is 56.8 Å². The van der Waals surface area contributed by atoms with Crippen LogP contribution in [0.15, 0.2) is 51.3 Å². The minimum Gasteiger partial charge on any atom is -0.456 e. The summed E-state index contributed by atoms with van der Waals surface area (Å²) in [5, 5.41) is 3.11. The number of dihydropyridines is 1. The van der Waals surface area contributed by atoms with Crippen molar-refractivity contribution < 1.29 is 19.1 Å². The van der Waals surface area contributed by atoms with E-state index in [0.717, 1.165) is 21.4 Å². The molecule has 0 fully saturated rings. The van der Waals surface area contributed by atoms with Gasteiger partial charge in [-0.3, -0.25) is 0 Å². The molecule has 1 aromatic carbocycles. The maximum Gasteiger partial charge on any atom is 0.337 e. The van der Waals surface area contributed by atoms with Crippen molar-refractivity contribution >= 4 is 27.9 Å². The van der Waals surface area contributed by atoms with Gasteiger partial charge in [0, 0.05) is 4.47 Å². The molecule has 3 aliphatic rings. The maximum atomic E-state index is 12.1. The minimum atomic E-state index is -0.422. The number of carbonyl (C=O) groups is 2. The molecule has 1 aromatic rings. The van der Waals surface area contributed by atoms with Crippen molar-refractivity contribution in [3.63, 3.8) is 0 Å². The van der Waals surface area contributed by atoms with Gasteiger partial charge in [-0.1, -0.05) is 28.1 Å². The molecule has 0 bridgehead atoms. The fraction of sp³-hybridized carbons (Fsp3) is 0.200. The van der Waals surface area contributed by atoms with Gasteiger partial charge in [0.15, 0.2) is 0 Å². The number of nitrogens with one attached hydrogen (secondary N) is 1. The van der Waals surface area contributed by atoms with Crippen LogP contribution in [0.3, 0.4) is 0 Å². The Kier molecular flexibility index (Phi) is 2.68. The molecule has 0 amide bonds. The van der Waals surface area contributed by atoms with E-state index >= 15 is 0 Å². The zero-order valence-electron chi connectivity index (χ0n) is 10.8. The van der Waals surface area contributed by atoms with E-state index in [4.69, 9.17) is 9.47 Å². The molecule has 0 saturated heterocycles. The van der Waals surface area contributed by atoms with E-state index in [9.17, 15) is 9.59 Å². The summed E-state index contributed by atoms with van der Waals surface area (Å²) >= 11 is 3.39. The van der Waals surface area contributed by atoms with Gasteiger partial charge < -0.3 is 14.8 Å². The van der Waals surface area contributed by atoms with Gasteiger partial charge in [0.25, 0.3) is 0 Å². The fourth-order valence-electron chi connectivity index (χ4n) is 2.94. The molecule has 6 heteroatoms. The van der Waals surface area contributed by atoms with Gasteiger partial charge in [0.2, 0.25) is 0 Å². The first-order chi connectivity index (χ1) is 10.1. The first-order valence-electron chi connectivity index (χ1n) is 6.48. The third-order valence-electron chi connectivity index (χ3n) is 3.87. The average Bonchev–Trinajstić information content (AvgIpc) is 3.03. The van der Waals surface area contributed by atoms with Gasteiger partial charge in [0.05, 0.1) is 28.5 Å². The van der Waals surface area contributed by atoms with Crippen LogP contribution in [-0.2, 0) is 19.1 Å². The second-order valence-corrected chi connectivity index (χ2v) is 5.96. The van der Waals surface area contributed by atoms with Crippen molar-refractivity contribution in [2.24, 2.45) is 0 Å². The summed E-state index contributed by atoms with van der Waals surface area (Å²) in [6.07, 6.45) is 0. The molecule has 0 spiro atoms. The molecule has 4 rings (SSSR count). The lowest BCUT2D eigenvalue weighted by Gasteiger charge is -2.24. The first-order valence-corrected chi connectivity index (χ1v) is 7.27. The number of cyclic esters (lactones) is 2. The van der Waals surface area contributed by atoms with Crippen LogP contribution >= 0.6 is 15.9 Å². The van der Waals surface area contributed by atoms with Crippen molar-refractivity contribution in [2.45, 2.75) is 5.92 Å². The van der Waals surface area contributed by atoms with Crippen LogP contribution in [0.1, 0.15) is 11.5 Å². The molecule has 0 saturated carbocycles. The highest BCUT2D eigenvalue weighted by Gasteiger charge is 2.44. The minimum absolute atomic E-state index is 0.214. The Bertz CT molecular complexity index is 693. The Balaban J connectivity index is 1.89. The lowest BCUT2D eigenvalue weighted by Crippen LogP contribution is -2.27. The monoisotopic (exact) mass is 347 g/mol. The molecular formula is C15H10BrNO4. The molecule has 0 aromatic heterocycles. The Hall–Kier alpha value is -2.08. The second kappa shape index (κ2) is 4.46. The molecular weight excluding hydrogens is 338 g/mol. The summed E-state index contributed by atoms with van der Waals surface area (Å²) < 4.78 is 11.2. The third kappa shape index (κ3) is 1.82. The number of benzene rings is 1. The molecule has 3 aliphatic heterocycles. The van der Waals surface area contributed by atoms with Gasteiger partial charge in [0.1, 0.15) is 13.2 Å². The number of carbonyl (C=O) groups excluding carboxylic acids is 2. The number of halogens is 1. The Morgan fingerprint density at radius 3 is 2.00 bits per heavy atom. The zero-order valence-corrected chi connectivity index (χ0v) is 12.4. The molecule has 1 N–H and O–H groups in total. The van der Waals surface area contributed by atoms with Crippen molar-refractivity contribution in [3.8, 4) is 0 Å². The van der Waals surface area contributed by atoms with Gasteiger partial charge in [-0.05, 0) is 17.7 Å². The van der Waals surface area contributed by atoms with Gasteiger partial charge >= 0.3 is 11.9 Å². The molecule has 0 aliphatic carbocycles. The van der Waals surface area contributed by atoms with Gasteiger partial charge in [-0.25, -0.2) is 9.59 Å². The van der Waals surface area contributed by atoms with Crippen LogP contribution in [0.4, 0.5) is 0 Å². The van der Waals surface area contributed by atoms with E-state index in [1.54, 1.807) is 0 Å². The quantitative estimate of drug-likeness (QED) is 0.784. The SMILES string of the molecule is O=C1OCC2=C1C(c1ccc(Br)cc1)C1=C(COC1=O)N2. The predicted octanol–water partition coefficient (Wildman–Crippen LogP) is 1.76. The summed E-state index contributed by atoms with van der Waals surface area (Å²) in [5.41, 5.74) is 3.34. The van der Waals surface area contributed by atoms with Crippen LogP contribution in [0.2, 0.25) is 0 Å². The predicted molar refractivity (Wildman–Crippen MR) is 76.0 cm³/mol. The second-order valence-electron chi connectivity index (χ2n) is 5.05. The van der Waals surface area contributed by atoms with Crippen LogP contribution in [0.5, 0.6) is 0 Å². The van der Waals surface area contributed by atoms with E-state index in [0.29, 0.717) is 11.1 Å². The molecule has 5 nitrogen and oxygen atoms in total. The molecule has 106 valence electrons. The molecule has 0 radical (unpaired) electrons. The summed E-state index contributed by atoms with van der Waals surface area (Å²) in [5.74, 6) is -1.18. The molecule has 0 atom stereocenters. The molecule has 21 heavy (non-hydrogen) atoms. The highest BCUT2D eigenvalue weighted by Crippen LogP contribution is 2.43. The van der Waals surface area contributed by atoms with E-state index in [1.807, 2.05) is 24.3 Å². The lowest BCUT2D eigenvalue weighted by molar-refractivity contribution is -0.136. The van der Waals surface area contributed by atoms with Crippen molar-refractivity contribution in [1.82, 2.24) is 5.32 Å². The van der Waals surface area contributed by atoms with Crippen LogP contribution in [-0.4, -0.2) is 25.2 Å². The number of rotatable bonds is 1. The number of hydrogen-bond acceptors (Lipinski definition) is 5. The van der Waals surface area contributed by atoms with E-state index in [2.05, 4.69) is 21.2 Å². The maximum absolute atomic E-state index is 12.1. The fourth-order valence-corrected chi connectivity index (χ4v) is 3.20. The number of esters is 2. The summed E-state index contributed by atoms with van der Waals surface area (Å²) in [6.45, 7) is 0.429. The zero-order chi connectivity index (χ0) is 14.6. The highest BCUT2D eigenvalue weighted by atomic mass is 79.9. The van der Waals surface area contributed by atoms with Crippen LogP contribution in [0, 0.1) is 0 Å². The first kappa shape index (κ1) is 12.6. The van der Waals surface area contributed by atoms with E-state index in [1.165, 1.54) is 0 Å². The van der Waals surface area contributed by atoms with Crippen molar-refractivity contribution in [2.75, 3.05) is 13.2 Å². The lowest BCUT2D eigenvalue weighted by atomic mass is 9.81. The largest absolute Gasteiger partial charge is 0.456 e. The summed E-state index contributed by atoms with van der Waals surface area (Å²) in [6, 6.07) is 7.57. The summed E-state index contributed by atoms with van der Waals surface area (Å²) in [4.78, 5) is 24.1. The number of hydrogen-bond donors (Lipinski definition) is 1. The van der Waals surface area contributed by atoms with Crippen molar-refractivity contribution in [1.29, 1.82) is 0 Å². The summed E-state index contributed by atoms with van der Waals surface area (Å²) in [7, 11) is 0. The topological polar surface area (TPSA) is 64.6 Å². The normalized spacial score (nSPS) is 21.0. The van der Waals surface area contributed by atoms with Crippen LogP contribution < -0.4 is 5.32 Å². The molecule has 3 heterocycles. The Morgan fingerprint density at radius 2 is 1.48 bits per heavy atom. The van der Waals surface area contributed by atoms with Crippen LogP contribution in [0.25, 0.3) is 0 Å². The van der Waals surface area contributed by atoms with Gasteiger partial charge in [-0.2, -0.15) is 0 Å². The highest BCUT2D eigenvalue weighted by molar-refractivity contribution is 9.10. The van der Waals surface area contributed by atoms with Gasteiger partial charge in [-0.15, -0.1) is 0 Å². The molecule has 0 unspecified atom stereocenters.